The van der Waals surface area contributed by atoms with Crippen molar-refractivity contribution in [3.05, 3.63) is 69.3 Å². The quantitative estimate of drug-likeness (QED) is 0.373. The number of anilines is 1. The maximum absolute atomic E-state index is 12.5. The van der Waals surface area contributed by atoms with Gasteiger partial charge in [-0.25, -0.2) is 0 Å². The molecule has 0 atom stereocenters. The Balaban J connectivity index is 1.83. The number of benzene rings is 2. The number of rotatable bonds is 5. The molecule has 1 N–H and O–H groups in total. The normalized spacial score (nSPS) is 12.7. The SMILES string of the molecule is CC(=O)c1ccccc1NC(=O)CN1C(=O)c2cccc([N+](=O)[O-])c2C1=O. The first-order valence-electron chi connectivity index (χ1n) is 7.84. The van der Waals surface area contributed by atoms with E-state index in [0.717, 1.165) is 6.07 Å². The molecule has 2 aromatic rings. The highest BCUT2D eigenvalue weighted by molar-refractivity contribution is 6.24. The van der Waals surface area contributed by atoms with Crippen LogP contribution in [0.1, 0.15) is 38.0 Å². The summed E-state index contributed by atoms with van der Waals surface area (Å²) in [6, 6.07) is 10.0. The van der Waals surface area contributed by atoms with Crippen LogP contribution in [0.25, 0.3) is 0 Å². The molecule has 0 aromatic heterocycles. The fourth-order valence-electron chi connectivity index (χ4n) is 2.84. The molecule has 27 heavy (non-hydrogen) atoms. The minimum absolute atomic E-state index is 0.119. The van der Waals surface area contributed by atoms with Crippen molar-refractivity contribution in [1.29, 1.82) is 0 Å². The lowest BCUT2D eigenvalue weighted by Gasteiger charge is -2.14. The lowest BCUT2D eigenvalue weighted by Crippen LogP contribution is -2.37. The molecule has 9 nitrogen and oxygen atoms in total. The number of fused-ring (bicyclic) bond motifs is 1. The van der Waals surface area contributed by atoms with Crippen molar-refractivity contribution >= 4 is 34.9 Å². The van der Waals surface area contributed by atoms with Gasteiger partial charge in [-0.1, -0.05) is 18.2 Å². The molecule has 136 valence electrons. The summed E-state index contributed by atoms with van der Waals surface area (Å²) in [6.07, 6.45) is 0. The summed E-state index contributed by atoms with van der Waals surface area (Å²) in [7, 11) is 0. The number of nitro benzene ring substituents is 1. The maximum Gasteiger partial charge on any atom is 0.282 e. The van der Waals surface area contributed by atoms with Gasteiger partial charge in [0.15, 0.2) is 5.78 Å². The third kappa shape index (κ3) is 3.17. The van der Waals surface area contributed by atoms with Crippen LogP contribution in [0.3, 0.4) is 0 Å². The molecule has 0 saturated carbocycles. The topological polar surface area (TPSA) is 127 Å². The van der Waals surface area contributed by atoms with E-state index in [4.69, 9.17) is 0 Å². The average Bonchev–Trinajstić information content (AvgIpc) is 2.87. The third-order valence-corrected chi connectivity index (χ3v) is 4.06. The minimum Gasteiger partial charge on any atom is -0.324 e. The van der Waals surface area contributed by atoms with Crippen molar-refractivity contribution in [3.63, 3.8) is 0 Å². The second kappa shape index (κ2) is 6.79. The predicted octanol–water partition coefficient (Wildman–Crippen LogP) is 2.03. The minimum atomic E-state index is -0.905. The second-order valence-corrected chi connectivity index (χ2v) is 5.80. The van der Waals surface area contributed by atoms with Crippen LogP contribution in [0, 0.1) is 10.1 Å². The number of nitrogens with one attached hydrogen (secondary N) is 1. The van der Waals surface area contributed by atoms with Crippen LogP contribution >= 0.6 is 0 Å². The Morgan fingerprint density at radius 1 is 1.07 bits per heavy atom. The van der Waals surface area contributed by atoms with E-state index in [0.29, 0.717) is 4.90 Å². The molecule has 1 aliphatic rings. The smallest absolute Gasteiger partial charge is 0.282 e. The number of nitrogens with zero attached hydrogens (tertiary/aromatic N) is 2. The molecule has 3 rings (SSSR count). The van der Waals surface area contributed by atoms with Crippen LogP contribution in [0.5, 0.6) is 0 Å². The molecule has 0 aliphatic carbocycles. The highest BCUT2D eigenvalue weighted by Crippen LogP contribution is 2.30. The van der Waals surface area contributed by atoms with Crippen molar-refractivity contribution in [2.24, 2.45) is 0 Å². The first-order valence-corrected chi connectivity index (χ1v) is 7.84. The summed E-state index contributed by atoms with van der Waals surface area (Å²) in [5, 5.41) is 13.6. The molecule has 9 heteroatoms. The Hall–Kier alpha value is -3.88. The highest BCUT2D eigenvalue weighted by Gasteiger charge is 2.41. The van der Waals surface area contributed by atoms with Gasteiger partial charge in [-0.05, 0) is 25.1 Å². The summed E-state index contributed by atoms with van der Waals surface area (Å²) in [5.41, 5.74) is -0.410. The Morgan fingerprint density at radius 2 is 1.78 bits per heavy atom. The molecule has 1 heterocycles. The number of nitro groups is 1. The third-order valence-electron chi connectivity index (χ3n) is 4.06. The van der Waals surface area contributed by atoms with Crippen molar-refractivity contribution < 1.29 is 24.1 Å². The van der Waals surface area contributed by atoms with E-state index in [9.17, 15) is 29.3 Å². The zero-order valence-electron chi connectivity index (χ0n) is 14.1. The zero-order valence-corrected chi connectivity index (χ0v) is 14.1. The van der Waals surface area contributed by atoms with Crippen molar-refractivity contribution in [2.75, 3.05) is 11.9 Å². The summed E-state index contributed by atoms with van der Waals surface area (Å²) >= 11 is 0. The number of amides is 3. The Kier molecular flexibility index (Phi) is 4.51. The second-order valence-electron chi connectivity index (χ2n) is 5.80. The van der Waals surface area contributed by atoms with Crippen LogP contribution < -0.4 is 5.32 Å². The summed E-state index contributed by atoms with van der Waals surface area (Å²) in [4.78, 5) is 59.8. The zero-order chi connectivity index (χ0) is 19.7. The van der Waals surface area contributed by atoms with Gasteiger partial charge >= 0.3 is 0 Å². The van der Waals surface area contributed by atoms with Gasteiger partial charge in [-0.15, -0.1) is 0 Å². The van der Waals surface area contributed by atoms with Crippen LogP contribution in [0.4, 0.5) is 11.4 Å². The lowest BCUT2D eigenvalue weighted by molar-refractivity contribution is -0.385. The molecule has 0 fully saturated rings. The number of hydrogen-bond acceptors (Lipinski definition) is 6. The first kappa shape index (κ1) is 17.9. The molecule has 2 aromatic carbocycles. The van der Waals surface area contributed by atoms with Crippen LogP contribution in [0.2, 0.25) is 0 Å². The van der Waals surface area contributed by atoms with E-state index in [1.54, 1.807) is 12.1 Å². The summed E-state index contributed by atoms with van der Waals surface area (Å²) in [5.74, 6) is -2.66. The monoisotopic (exact) mass is 367 g/mol. The largest absolute Gasteiger partial charge is 0.324 e. The van der Waals surface area contributed by atoms with E-state index in [1.807, 2.05) is 0 Å². The standard InChI is InChI=1S/C18H13N3O6/c1-10(22)11-5-2-3-7-13(11)19-15(23)9-20-17(24)12-6-4-8-14(21(26)27)16(12)18(20)25/h2-8H,9H2,1H3,(H,19,23). The molecule has 0 radical (unpaired) electrons. The van der Waals surface area contributed by atoms with Gasteiger partial charge in [-0.3, -0.25) is 34.2 Å². The van der Waals surface area contributed by atoms with Gasteiger partial charge in [0.2, 0.25) is 5.91 Å². The first-order chi connectivity index (χ1) is 12.8. The Labute approximate surface area is 152 Å². The Bertz CT molecular complexity index is 1010. The number of carbonyl (C=O) groups is 4. The van der Waals surface area contributed by atoms with E-state index >= 15 is 0 Å². The highest BCUT2D eigenvalue weighted by atomic mass is 16.6. The molecule has 0 unspecified atom stereocenters. The van der Waals surface area contributed by atoms with Crippen molar-refractivity contribution in [1.82, 2.24) is 4.90 Å². The summed E-state index contributed by atoms with van der Waals surface area (Å²) in [6.45, 7) is 0.712. The van der Waals surface area contributed by atoms with E-state index in [2.05, 4.69) is 5.32 Å². The number of imide groups is 1. The van der Waals surface area contributed by atoms with E-state index in [1.165, 1.54) is 31.2 Å². The number of Topliss-reactive ketones (excluding diaryl/α,β-unsaturated/α-hetero) is 1. The molecular weight excluding hydrogens is 354 g/mol. The summed E-state index contributed by atoms with van der Waals surface area (Å²) < 4.78 is 0. The van der Waals surface area contributed by atoms with Crippen LogP contribution in [-0.4, -0.2) is 39.9 Å². The van der Waals surface area contributed by atoms with Crippen molar-refractivity contribution in [2.45, 2.75) is 6.92 Å². The molecule has 0 bridgehead atoms. The lowest BCUT2D eigenvalue weighted by atomic mass is 10.1. The average molecular weight is 367 g/mol. The molecular formula is C18H13N3O6. The number of carbonyl (C=O) groups excluding carboxylic acids is 4. The number of ketones is 1. The van der Waals surface area contributed by atoms with Gasteiger partial charge in [0.25, 0.3) is 17.5 Å². The fraction of sp³-hybridized carbons (Fsp3) is 0.111. The van der Waals surface area contributed by atoms with E-state index in [-0.39, 0.29) is 28.2 Å². The number of para-hydroxylation sites is 1. The van der Waals surface area contributed by atoms with Gasteiger partial charge < -0.3 is 5.32 Å². The van der Waals surface area contributed by atoms with Crippen molar-refractivity contribution in [3.8, 4) is 0 Å². The molecule has 0 spiro atoms. The molecule has 1 aliphatic heterocycles. The van der Waals surface area contributed by atoms with Gasteiger partial charge in [0.1, 0.15) is 12.1 Å². The van der Waals surface area contributed by atoms with Gasteiger partial charge in [0, 0.05) is 11.6 Å². The van der Waals surface area contributed by atoms with Crippen LogP contribution in [-0.2, 0) is 4.79 Å². The van der Waals surface area contributed by atoms with Gasteiger partial charge in [-0.2, -0.15) is 0 Å². The molecule has 3 amide bonds. The maximum atomic E-state index is 12.5. The predicted molar refractivity (Wildman–Crippen MR) is 93.5 cm³/mol. The number of hydrogen-bond donors (Lipinski definition) is 1. The van der Waals surface area contributed by atoms with Crippen LogP contribution in [0.15, 0.2) is 42.5 Å². The van der Waals surface area contributed by atoms with Gasteiger partial charge in [0.05, 0.1) is 16.2 Å². The Morgan fingerprint density at radius 3 is 2.44 bits per heavy atom. The fourth-order valence-corrected chi connectivity index (χ4v) is 2.84. The van der Waals surface area contributed by atoms with E-state index < -0.39 is 34.9 Å². The molecule has 0 saturated heterocycles.